The first-order valence-electron chi connectivity index (χ1n) is 7.36. The summed E-state index contributed by atoms with van der Waals surface area (Å²) in [6, 6.07) is 8.46. The summed E-state index contributed by atoms with van der Waals surface area (Å²) in [5.41, 5.74) is 6.95. The number of carbonyl (C=O) groups excluding carboxylic acids is 1. The number of nitrogens with two attached hydrogens (primary N) is 1. The highest BCUT2D eigenvalue weighted by Crippen LogP contribution is 2.20. The van der Waals surface area contributed by atoms with Crippen LogP contribution in [0.2, 0.25) is 0 Å². The lowest BCUT2D eigenvalue weighted by Gasteiger charge is -2.26. The Balaban J connectivity index is 0.00000220. The second-order valence-electron chi connectivity index (χ2n) is 5.49. The second kappa shape index (κ2) is 8.90. The summed E-state index contributed by atoms with van der Waals surface area (Å²) in [6.07, 6.45) is 5.24. The number of nitrogens with one attached hydrogen (secondary N) is 1. The number of halogens is 1. The molecule has 0 saturated heterocycles. The van der Waals surface area contributed by atoms with E-state index >= 15 is 0 Å². The highest BCUT2D eigenvalue weighted by Gasteiger charge is 2.19. The summed E-state index contributed by atoms with van der Waals surface area (Å²) in [7, 11) is 1.66. The zero-order valence-electron chi connectivity index (χ0n) is 12.5. The summed E-state index contributed by atoms with van der Waals surface area (Å²) in [5, 5.41) is 3.11. The van der Waals surface area contributed by atoms with E-state index in [0.29, 0.717) is 24.9 Å². The van der Waals surface area contributed by atoms with Crippen LogP contribution in [0, 0.1) is 0 Å². The zero-order valence-corrected chi connectivity index (χ0v) is 13.3. The molecule has 0 spiro atoms. The predicted molar refractivity (Wildman–Crippen MR) is 86.9 cm³/mol. The maximum Gasteiger partial charge on any atom is 0.220 e. The van der Waals surface area contributed by atoms with Crippen molar-refractivity contribution in [3.8, 4) is 5.75 Å². The van der Waals surface area contributed by atoms with Crippen molar-refractivity contribution in [1.82, 2.24) is 5.32 Å². The van der Waals surface area contributed by atoms with Crippen molar-refractivity contribution in [2.24, 2.45) is 5.73 Å². The van der Waals surface area contributed by atoms with Crippen LogP contribution in [-0.4, -0.2) is 25.1 Å². The van der Waals surface area contributed by atoms with Crippen molar-refractivity contribution >= 4 is 18.3 Å². The number of para-hydroxylation sites is 1. The third-order valence-corrected chi connectivity index (χ3v) is 3.95. The lowest BCUT2D eigenvalue weighted by atomic mass is 9.91. The molecule has 0 radical (unpaired) electrons. The van der Waals surface area contributed by atoms with Crippen LogP contribution < -0.4 is 15.8 Å². The quantitative estimate of drug-likeness (QED) is 0.877. The van der Waals surface area contributed by atoms with E-state index in [-0.39, 0.29) is 18.3 Å². The van der Waals surface area contributed by atoms with Gasteiger partial charge in [0.05, 0.1) is 7.11 Å². The molecule has 5 heteroatoms. The maximum absolute atomic E-state index is 12.0. The summed E-state index contributed by atoms with van der Waals surface area (Å²) >= 11 is 0. The summed E-state index contributed by atoms with van der Waals surface area (Å²) in [4.78, 5) is 12.0. The number of rotatable bonds is 5. The Bertz CT molecular complexity index is 446. The molecule has 0 atom stereocenters. The average molecular weight is 313 g/mol. The first-order chi connectivity index (χ1) is 9.69. The molecular weight excluding hydrogens is 288 g/mol. The lowest BCUT2D eigenvalue weighted by Crippen LogP contribution is -2.40. The molecule has 1 aromatic rings. The molecule has 2 rings (SSSR count). The first-order valence-corrected chi connectivity index (χ1v) is 7.36. The second-order valence-corrected chi connectivity index (χ2v) is 5.49. The Kier molecular flexibility index (Phi) is 7.54. The normalized spacial score (nSPS) is 21.2. The van der Waals surface area contributed by atoms with Gasteiger partial charge in [0.25, 0.3) is 0 Å². The van der Waals surface area contributed by atoms with Gasteiger partial charge < -0.3 is 15.8 Å². The van der Waals surface area contributed by atoms with E-state index in [1.807, 2.05) is 24.3 Å². The van der Waals surface area contributed by atoms with Crippen molar-refractivity contribution in [2.45, 2.75) is 50.6 Å². The van der Waals surface area contributed by atoms with Gasteiger partial charge in [-0.2, -0.15) is 0 Å². The maximum atomic E-state index is 12.0. The Morgan fingerprint density at radius 1 is 1.29 bits per heavy atom. The molecule has 0 aromatic heterocycles. The molecule has 1 fully saturated rings. The summed E-state index contributed by atoms with van der Waals surface area (Å²) in [6.45, 7) is 0. The van der Waals surface area contributed by atoms with Gasteiger partial charge in [-0.3, -0.25) is 4.79 Å². The Hall–Kier alpha value is -1.26. The molecular formula is C16H25ClN2O2. The monoisotopic (exact) mass is 312 g/mol. The van der Waals surface area contributed by atoms with Gasteiger partial charge in [0, 0.05) is 18.5 Å². The topological polar surface area (TPSA) is 64.3 Å². The third kappa shape index (κ3) is 5.56. The largest absolute Gasteiger partial charge is 0.496 e. The van der Waals surface area contributed by atoms with Crippen molar-refractivity contribution in [3.63, 3.8) is 0 Å². The fourth-order valence-corrected chi connectivity index (χ4v) is 2.72. The highest BCUT2D eigenvalue weighted by atomic mass is 35.5. The van der Waals surface area contributed by atoms with Crippen LogP contribution in [0.1, 0.15) is 37.7 Å². The Morgan fingerprint density at radius 3 is 2.62 bits per heavy atom. The van der Waals surface area contributed by atoms with Crippen molar-refractivity contribution in [2.75, 3.05) is 7.11 Å². The van der Waals surface area contributed by atoms with Gasteiger partial charge in [0.15, 0.2) is 0 Å². The zero-order chi connectivity index (χ0) is 14.4. The first kappa shape index (κ1) is 17.8. The van der Waals surface area contributed by atoms with Crippen LogP contribution in [0.5, 0.6) is 5.75 Å². The molecule has 3 N–H and O–H groups in total. The highest BCUT2D eigenvalue weighted by molar-refractivity contribution is 5.85. The number of ether oxygens (including phenoxy) is 1. The van der Waals surface area contributed by atoms with E-state index < -0.39 is 0 Å². The van der Waals surface area contributed by atoms with Gasteiger partial charge in [0.1, 0.15) is 5.75 Å². The Morgan fingerprint density at radius 2 is 1.95 bits per heavy atom. The minimum atomic E-state index is 0. The van der Waals surface area contributed by atoms with E-state index in [1.54, 1.807) is 7.11 Å². The minimum absolute atomic E-state index is 0. The van der Waals surface area contributed by atoms with E-state index in [9.17, 15) is 4.79 Å². The molecule has 0 heterocycles. The van der Waals surface area contributed by atoms with Crippen LogP contribution >= 0.6 is 12.4 Å². The molecule has 118 valence electrons. The molecule has 0 unspecified atom stereocenters. The van der Waals surface area contributed by atoms with Crippen molar-refractivity contribution in [1.29, 1.82) is 0 Å². The van der Waals surface area contributed by atoms with Crippen LogP contribution in [-0.2, 0) is 11.2 Å². The Labute approximate surface area is 132 Å². The summed E-state index contributed by atoms with van der Waals surface area (Å²) in [5.74, 6) is 0.973. The fraction of sp³-hybridized carbons (Fsp3) is 0.562. The molecule has 1 saturated carbocycles. The van der Waals surface area contributed by atoms with Crippen molar-refractivity contribution < 1.29 is 9.53 Å². The molecule has 0 aliphatic heterocycles. The van der Waals surface area contributed by atoms with E-state index in [1.165, 1.54) is 0 Å². The summed E-state index contributed by atoms with van der Waals surface area (Å²) < 4.78 is 5.29. The molecule has 1 aliphatic carbocycles. The lowest BCUT2D eigenvalue weighted by molar-refractivity contribution is -0.122. The van der Waals surface area contributed by atoms with Crippen LogP contribution in [0.15, 0.2) is 24.3 Å². The van der Waals surface area contributed by atoms with Gasteiger partial charge in [-0.15, -0.1) is 12.4 Å². The smallest absolute Gasteiger partial charge is 0.220 e. The number of methoxy groups -OCH3 is 1. The molecule has 0 bridgehead atoms. The molecule has 21 heavy (non-hydrogen) atoms. The van der Waals surface area contributed by atoms with Crippen molar-refractivity contribution in [3.05, 3.63) is 29.8 Å². The molecule has 1 amide bonds. The number of aryl methyl sites for hydroxylation is 1. The SMILES string of the molecule is COc1ccccc1CCC(=O)NC1CCC(N)CC1.Cl. The molecule has 1 aliphatic rings. The van der Waals surface area contributed by atoms with E-state index in [4.69, 9.17) is 10.5 Å². The van der Waals surface area contributed by atoms with Gasteiger partial charge in [0.2, 0.25) is 5.91 Å². The fourth-order valence-electron chi connectivity index (χ4n) is 2.72. The van der Waals surface area contributed by atoms with Gasteiger partial charge in [-0.05, 0) is 43.7 Å². The number of hydrogen-bond acceptors (Lipinski definition) is 3. The van der Waals surface area contributed by atoms with Gasteiger partial charge >= 0.3 is 0 Å². The number of carbonyl (C=O) groups is 1. The molecule has 1 aromatic carbocycles. The van der Waals surface area contributed by atoms with Gasteiger partial charge in [-0.25, -0.2) is 0 Å². The van der Waals surface area contributed by atoms with E-state index in [2.05, 4.69) is 5.32 Å². The molecule has 4 nitrogen and oxygen atoms in total. The number of amides is 1. The standard InChI is InChI=1S/C16H24N2O2.ClH/c1-20-15-5-3-2-4-12(15)6-11-16(19)18-14-9-7-13(17)8-10-14;/h2-5,13-14H,6-11,17H2,1H3,(H,18,19);1H. The number of hydrogen-bond donors (Lipinski definition) is 2. The predicted octanol–water partition coefficient (Wildman–Crippen LogP) is 2.44. The van der Waals surface area contributed by atoms with Gasteiger partial charge in [-0.1, -0.05) is 18.2 Å². The van der Waals surface area contributed by atoms with Crippen LogP contribution in [0.3, 0.4) is 0 Å². The van der Waals surface area contributed by atoms with E-state index in [0.717, 1.165) is 37.0 Å². The third-order valence-electron chi connectivity index (χ3n) is 3.95. The minimum Gasteiger partial charge on any atom is -0.496 e. The van der Waals surface area contributed by atoms with Crippen LogP contribution in [0.25, 0.3) is 0 Å². The van der Waals surface area contributed by atoms with Crippen LogP contribution in [0.4, 0.5) is 0 Å². The average Bonchev–Trinajstić information content (AvgIpc) is 2.48. The number of benzene rings is 1.